The second-order valence-electron chi connectivity index (χ2n) is 4.05. The molecule has 3 nitrogen and oxygen atoms in total. The Morgan fingerprint density at radius 1 is 1.31 bits per heavy atom. The van der Waals surface area contributed by atoms with Gasteiger partial charge in [-0.3, -0.25) is 0 Å². The zero-order valence-electron chi connectivity index (χ0n) is 9.20. The third kappa shape index (κ3) is 2.63. The first-order chi connectivity index (χ1) is 7.75. The van der Waals surface area contributed by atoms with Crippen LogP contribution in [-0.2, 0) is 0 Å². The van der Waals surface area contributed by atoms with E-state index in [0.717, 1.165) is 18.5 Å². The van der Waals surface area contributed by atoms with Crippen LogP contribution in [0.4, 0.5) is 10.5 Å². The van der Waals surface area contributed by atoms with Crippen LogP contribution >= 0.6 is 0 Å². The normalized spacial score (nSPS) is 15.4. The lowest BCUT2D eigenvalue weighted by atomic mass is 9.93. The van der Waals surface area contributed by atoms with Crippen LogP contribution in [0.1, 0.15) is 31.2 Å². The van der Waals surface area contributed by atoms with E-state index in [1.165, 1.54) is 24.0 Å². The van der Waals surface area contributed by atoms with Gasteiger partial charge in [-0.05, 0) is 49.0 Å². The number of primary amides is 1. The molecule has 0 heterocycles. The van der Waals surface area contributed by atoms with Gasteiger partial charge in [-0.25, -0.2) is 4.79 Å². The van der Waals surface area contributed by atoms with Gasteiger partial charge in [0.2, 0.25) is 0 Å². The fraction of sp³-hybridized carbons (Fsp3) is 0.308. The summed E-state index contributed by atoms with van der Waals surface area (Å²) in [5.41, 5.74) is 8.41. The number of allylic oxidation sites excluding steroid dienone is 2. The highest BCUT2D eigenvalue weighted by molar-refractivity contribution is 5.88. The zero-order chi connectivity index (χ0) is 11.4. The van der Waals surface area contributed by atoms with Gasteiger partial charge >= 0.3 is 6.03 Å². The highest BCUT2D eigenvalue weighted by Crippen LogP contribution is 2.27. The Labute approximate surface area is 95.3 Å². The molecule has 3 N–H and O–H groups in total. The van der Waals surface area contributed by atoms with Crippen molar-refractivity contribution in [2.75, 3.05) is 5.32 Å². The summed E-state index contributed by atoms with van der Waals surface area (Å²) < 4.78 is 0. The number of amides is 2. The number of hydrogen-bond donors (Lipinski definition) is 2. The monoisotopic (exact) mass is 216 g/mol. The van der Waals surface area contributed by atoms with Gasteiger partial charge in [-0.1, -0.05) is 18.2 Å². The molecule has 0 atom stereocenters. The average molecular weight is 216 g/mol. The molecule has 0 saturated heterocycles. The summed E-state index contributed by atoms with van der Waals surface area (Å²) in [6.45, 7) is 0. The molecule has 0 saturated carbocycles. The molecular formula is C13H16N2O. The Balaban J connectivity index is 2.21. The van der Waals surface area contributed by atoms with Crippen molar-refractivity contribution in [3.63, 3.8) is 0 Å². The predicted octanol–water partition coefficient (Wildman–Crippen LogP) is 3.13. The van der Waals surface area contributed by atoms with Gasteiger partial charge in [0.1, 0.15) is 0 Å². The summed E-state index contributed by atoms with van der Waals surface area (Å²) in [6.07, 6.45) is 7.09. The maximum absolute atomic E-state index is 10.8. The molecule has 0 unspecified atom stereocenters. The van der Waals surface area contributed by atoms with E-state index in [1.54, 1.807) is 0 Å². The average Bonchev–Trinajstić information content (AvgIpc) is 2.30. The van der Waals surface area contributed by atoms with Crippen molar-refractivity contribution in [3.05, 3.63) is 35.9 Å². The summed E-state index contributed by atoms with van der Waals surface area (Å²) in [7, 11) is 0. The summed E-state index contributed by atoms with van der Waals surface area (Å²) >= 11 is 0. The Kier molecular flexibility index (Phi) is 3.25. The van der Waals surface area contributed by atoms with Gasteiger partial charge in [0.15, 0.2) is 0 Å². The van der Waals surface area contributed by atoms with Crippen molar-refractivity contribution >= 4 is 17.3 Å². The fourth-order valence-corrected chi connectivity index (χ4v) is 2.04. The number of hydrogen-bond acceptors (Lipinski definition) is 1. The van der Waals surface area contributed by atoms with E-state index in [4.69, 9.17) is 5.73 Å². The Hall–Kier alpha value is -1.77. The van der Waals surface area contributed by atoms with Gasteiger partial charge in [0.05, 0.1) is 0 Å². The van der Waals surface area contributed by atoms with Gasteiger partial charge < -0.3 is 11.1 Å². The van der Waals surface area contributed by atoms with Crippen molar-refractivity contribution in [1.29, 1.82) is 0 Å². The summed E-state index contributed by atoms with van der Waals surface area (Å²) in [5.74, 6) is 0. The Bertz CT molecular complexity index is 424. The maximum Gasteiger partial charge on any atom is 0.316 e. The maximum atomic E-state index is 10.8. The standard InChI is InChI=1S/C13H16N2O/c14-13(16)15-12-8-4-7-11(9-12)10-5-2-1-3-6-10/h4-5,7-9H,1-3,6H2,(H3,14,15,16). The number of nitrogens with two attached hydrogens (primary N) is 1. The van der Waals surface area contributed by atoms with E-state index < -0.39 is 6.03 Å². The molecule has 16 heavy (non-hydrogen) atoms. The summed E-state index contributed by atoms with van der Waals surface area (Å²) in [4.78, 5) is 10.8. The van der Waals surface area contributed by atoms with E-state index >= 15 is 0 Å². The second-order valence-corrected chi connectivity index (χ2v) is 4.05. The van der Waals surface area contributed by atoms with Crippen molar-refractivity contribution in [2.24, 2.45) is 5.73 Å². The Morgan fingerprint density at radius 2 is 2.19 bits per heavy atom. The smallest absolute Gasteiger partial charge is 0.316 e. The van der Waals surface area contributed by atoms with Crippen LogP contribution in [0, 0.1) is 0 Å². The highest BCUT2D eigenvalue weighted by Gasteiger charge is 2.06. The second kappa shape index (κ2) is 4.84. The van der Waals surface area contributed by atoms with Gasteiger partial charge in [0.25, 0.3) is 0 Å². The van der Waals surface area contributed by atoms with Crippen LogP contribution in [0.5, 0.6) is 0 Å². The first-order valence-electron chi connectivity index (χ1n) is 5.61. The highest BCUT2D eigenvalue weighted by atomic mass is 16.2. The number of benzene rings is 1. The largest absolute Gasteiger partial charge is 0.351 e. The fourth-order valence-electron chi connectivity index (χ4n) is 2.04. The van der Waals surface area contributed by atoms with E-state index in [9.17, 15) is 4.79 Å². The van der Waals surface area contributed by atoms with E-state index in [0.29, 0.717) is 0 Å². The van der Waals surface area contributed by atoms with Gasteiger partial charge in [-0.15, -0.1) is 0 Å². The van der Waals surface area contributed by atoms with Crippen molar-refractivity contribution in [2.45, 2.75) is 25.7 Å². The van der Waals surface area contributed by atoms with Crippen molar-refractivity contribution in [3.8, 4) is 0 Å². The first kappa shape index (κ1) is 10.7. The van der Waals surface area contributed by atoms with Crippen molar-refractivity contribution < 1.29 is 4.79 Å². The van der Waals surface area contributed by atoms with Crippen LogP contribution in [0.3, 0.4) is 0 Å². The molecule has 0 bridgehead atoms. The molecule has 0 fully saturated rings. The molecular weight excluding hydrogens is 200 g/mol. The minimum atomic E-state index is -0.519. The predicted molar refractivity (Wildman–Crippen MR) is 66.1 cm³/mol. The van der Waals surface area contributed by atoms with Crippen LogP contribution in [0.15, 0.2) is 30.3 Å². The molecule has 1 aliphatic carbocycles. The van der Waals surface area contributed by atoms with E-state index in [2.05, 4.69) is 17.5 Å². The Morgan fingerprint density at radius 3 is 2.88 bits per heavy atom. The van der Waals surface area contributed by atoms with Gasteiger partial charge in [0, 0.05) is 5.69 Å². The molecule has 1 aromatic rings. The molecule has 0 spiro atoms. The molecule has 0 aromatic heterocycles. The summed E-state index contributed by atoms with van der Waals surface area (Å²) in [6, 6.07) is 7.31. The molecule has 1 aromatic carbocycles. The first-order valence-corrected chi connectivity index (χ1v) is 5.61. The minimum absolute atomic E-state index is 0.519. The molecule has 2 rings (SSSR count). The van der Waals surface area contributed by atoms with Crippen LogP contribution in [0.25, 0.3) is 5.57 Å². The van der Waals surface area contributed by atoms with Crippen LogP contribution < -0.4 is 11.1 Å². The van der Waals surface area contributed by atoms with Gasteiger partial charge in [-0.2, -0.15) is 0 Å². The number of urea groups is 1. The summed E-state index contributed by atoms with van der Waals surface area (Å²) in [5, 5.41) is 2.60. The number of rotatable bonds is 2. The lowest BCUT2D eigenvalue weighted by Crippen LogP contribution is -2.19. The third-order valence-corrected chi connectivity index (χ3v) is 2.79. The van der Waals surface area contributed by atoms with E-state index in [1.807, 2.05) is 18.2 Å². The topological polar surface area (TPSA) is 55.1 Å². The number of carbonyl (C=O) groups excluding carboxylic acids is 1. The van der Waals surface area contributed by atoms with Crippen LogP contribution in [-0.4, -0.2) is 6.03 Å². The lowest BCUT2D eigenvalue weighted by Gasteiger charge is -2.13. The minimum Gasteiger partial charge on any atom is -0.351 e. The third-order valence-electron chi connectivity index (χ3n) is 2.79. The quantitative estimate of drug-likeness (QED) is 0.784. The molecule has 0 radical (unpaired) electrons. The molecule has 2 amide bonds. The number of carbonyl (C=O) groups is 1. The van der Waals surface area contributed by atoms with E-state index in [-0.39, 0.29) is 0 Å². The number of nitrogens with one attached hydrogen (secondary N) is 1. The molecule has 3 heteroatoms. The van der Waals surface area contributed by atoms with Crippen LogP contribution in [0.2, 0.25) is 0 Å². The lowest BCUT2D eigenvalue weighted by molar-refractivity contribution is 0.259. The number of anilines is 1. The molecule has 0 aliphatic heterocycles. The molecule has 84 valence electrons. The zero-order valence-corrected chi connectivity index (χ0v) is 9.20. The molecule has 1 aliphatic rings. The van der Waals surface area contributed by atoms with Crippen molar-refractivity contribution in [1.82, 2.24) is 0 Å². The SMILES string of the molecule is NC(=O)Nc1cccc(C2=CCCCC2)c1.